The number of hydrogen-bond acceptors (Lipinski definition) is 4. The van der Waals surface area contributed by atoms with E-state index in [1.807, 2.05) is 4.90 Å². The van der Waals surface area contributed by atoms with Crippen molar-refractivity contribution >= 4 is 27.7 Å². The van der Waals surface area contributed by atoms with E-state index in [1.165, 1.54) is 20.3 Å². The molecule has 34 heavy (non-hydrogen) atoms. The number of carbonyl (C=O) groups excluding carboxylic acids is 1. The van der Waals surface area contributed by atoms with Gasteiger partial charge in [0.1, 0.15) is 0 Å². The second-order valence-corrected chi connectivity index (χ2v) is 11.5. The molecule has 3 heterocycles. The van der Waals surface area contributed by atoms with Gasteiger partial charge in [0, 0.05) is 31.3 Å². The predicted octanol–water partition coefficient (Wildman–Crippen LogP) is 1.45. The van der Waals surface area contributed by atoms with Crippen LogP contribution in [0.4, 0.5) is 5.69 Å². The van der Waals surface area contributed by atoms with Crippen LogP contribution in [-0.4, -0.2) is 71.1 Å². The van der Waals surface area contributed by atoms with E-state index >= 15 is 0 Å². The van der Waals surface area contributed by atoms with Gasteiger partial charge in [0.15, 0.2) is 0 Å². The number of piperidine rings is 1. The number of anilines is 1. The van der Waals surface area contributed by atoms with Crippen LogP contribution in [0.25, 0.3) is 6.08 Å². The van der Waals surface area contributed by atoms with E-state index in [0.717, 1.165) is 30.8 Å². The zero-order chi connectivity index (χ0) is 23.9. The molecule has 1 amide bonds. The fourth-order valence-electron chi connectivity index (χ4n) is 5.42. The normalized spacial score (nSPS) is 25.4. The summed E-state index contributed by atoms with van der Waals surface area (Å²) in [5, 5.41) is 0. The molecule has 0 radical (unpaired) electrons. The van der Waals surface area contributed by atoms with Crippen molar-refractivity contribution in [2.75, 3.05) is 51.3 Å². The number of morpholine rings is 1. The summed E-state index contributed by atoms with van der Waals surface area (Å²) in [5.74, 6) is 0.341. The molecule has 1 N–H and O–H groups in total. The number of nitrogens with zero attached hydrogens (tertiary/aromatic N) is 2. The van der Waals surface area contributed by atoms with Gasteiger partial charge in [0.05, 0.1) is 50.2 Å². The van der Waals surface area contributed by atoms with Crippen molar-refractivity contribution in [1.29, 1.82) is 0 Å². The average molecular weight is 483 g/mol. The second kappa shape index (κ2) is 9.26. The highest BCUT2D eigenvalue weighted by atomic mass is 32.2. The Bertz CT molecular complexity index is 1200. The Morgan fingerprint density at radius 2 is 1.85 bits per heavy atom. The molecule has 0 aromatic heterocycles. The Hall–Kier alpha value is -2.52. The van der Waals surface area contributed by atoms with Gasteiger partial charge in [-0.25, -0.2) is 8.42 Å². The molecule has 3 aliphatic heterocycles. The number of likely N-dealkylation sites (N-methyl/N-ethyl adjacent to an activating group) is 1. The lowest BCUT2D eigenvalue weighted by molar-refractivity contribution is -0.886. The first-order valence-electron chi connectivity index (χ1n) is 12.0. The zero-order valence-corrected chi connectivity index (χ0v) is 20.6. The summed E-state index contributed by atoms with van der Waals surface area (Å²) in [5.41, 5.74) is 4.32. The minimum atomic E-state index is -3.53. The van der Waals surface area contributed by atoms with Crippen LogP contribution in [0.1, 0.15) is 29.0 Å². The molecule has 0 spiro atoms. The van der Waals surface area contributed by atoms with Crippen LogP contribution in [0.2, 0.25) is 0 Å². The molecule has 2 aromatic carbocycles. The quantitative estimate of drug-likeness (QED) is 0.670. The number of amides is 1. The van der Waals surface area contributed by atoms with Crippen LogP contribution >= 0.6 is 0 Å². The molecule has 180 valence electrons. The second-order valence-electron chi connectivity index (χ2n) is 9.56. The Balaban J connectivity index is 1.34. The van der Waals surface area contributed by atoms with Crippen molar-refractivity contribution in [2.24, 2.45) is 0 Å². The molecule has 0 aliphatic carbocycles. The first-order chi connectivity index (χ1) is 16.3. The smallest absolute Gasteiger partial charge is 0.251 e. The summed E-state index contributed by atoms with van der Waals surface area (Å²) in [6, 6.07) is 13.3. The molecule has 3 aliphatic rings. The maximum atomic E-state index is 13.4. The third kappa shape index (κ3) is 4.31. The SMILES string of the molecule is Cc1ccc2c(c1)[C@@H]1C[NH+](C)CC[C@H]1N2C(=O)/C=C/c1ccc(S(=O)(=O)N2CCOCC2)cc1. The predicted molar refractivity (Wildman–Crippen MR) is 131 cm³/mol. The number of fused-ring (bicyclic) bond motifs is 3. The van der Waals surface area contributed by atoms with Gasteiger partial charge in [0.25, 0.3) is 5.91 Å². The molecule has 7 nitrogen and oxygen atoms in total. The summed E-state index contributed by atoms with van der Waals surface area (Å²) in [6.07, 6.45) is 4.37. The maximum Gasteiger partial charge on any atom is 0.251 e. The number of rotatable bonds is 4. The monoisotopic (exact) mass is 482 g/mol. The highest BCUT2D eigenvalue weighted by molar-refractivity contribution is 7.89. The molecule has 2 aromatic rings. The lowest BCUT2D eigenvalue weighted by atomic mass is 9.89. The third-order valence-electron chi connectivity index (χ3n) is 7.22. The summed E-state index contributed by atoms with van der Waals surface area (Å²) in [4.78, 5) is 17.1. The van der Waals surface area contributed by atoms with Gasteiger partial charge in [-0.15, -0.1) is 0 Å². The van der Waals surface area contributed by atoms with Gasteiger partial charge in [0.2, 0.25) is 10.0 Å². The largest absolute Gasteiger partial charge is 0.379 e. The number of nitrogens with one attached hydrogen (secondary N) is 1. The van der Waals surface area contributed by atoms with E-state index in [-0.39, 0.29) is 16.8 Å². The molecule has 3 atom stereocenters. The number of hydrogen-bond donors (Lipinski definition) is 1. The van der Waals surface area contributed by atoms with Crippen LogP contribution in [0.5, 0.6) is 0 Å². The van der Waals surface area contributed by atoms with E-state index in [2.05, 4.69) is 32.2 Å². The van der Waals surface area contributed by atoms with Gasteiger partial charge in [-0.3, -0.25) is 4.79 Å². The molecule has 2 fully saturated rings. The number of quaternary nitrogens is 1. The van der Waals surface area contributed by atoms with Crippen LogP contribution in [-0.2, 0) is 19.6 Å². The average Bonchev–Trinajstić information content (AvgIpc) is 3.16. The topological polar surface area (TPSA) is 71.4 Å². The molecule has 2 saturated heterocycles. The van der Waals surface area contributed by atoms with Crippen molar-refractivity contribution in [1.82, 2.24) is 4.31 Å². The summed E-state index contributed by atoms with van der Waals surface area (Å²) < 4.78 is 32.4. The van der Waals surface area contributed by atoms with Gasteiger partial charge >= 0.3 is 0 Å². The Morgan fingerprint density at radius 1 is 1.12 bits per heavy atom. The van der Waals surface area contributed by atoms with Crippen LogP contribution < -0.4 is 9.80 Å². The molecule has 0 saturated carbocycles. The van der Waals surface area contributed by atoms with E-state index in [4.69, 9.17) is 4.74 Å². The number of aryl methyl sites for hydroxylation is 1. The number of carbonyl (C=O) groups is 1. The molecular weight excluding hydrogens is 450 g/mol. The third-order valence-corrected chi connectivity index (χ3v) is 9.13. The van der Waals surface area contributed by atoms with Gasteiger partial charge in [-0.1, -0.05) is 29.8 Å². The lowest BCUT2D eigenvalue weighted by Gasteiger charge is -2.34. The molecule has 5 rings (SSSR count). The Labute approximate surface area is 201 Å². The number of ether oxygens (including phenoxy) is 1. The number of likely N-dealkylation sites (tertiary alicyclic amines) is 1. The van der Waals surface area contributed by atoms with Gasteiger partial charge < -0.3 is 14.5 Å². The lowest BCUT2D eigenvalue weighted by Crippen LogP contribution is -3.11. The van der Waals surface area contributed by atoms with E-state index in [0.29, 0.717) is 32.2 Å². The van der Waals surface area contributed by atoms with Crippen LogP contribution in [0, 0.1) is 6.92 Å². The summed E-state index contributed by atoms with van der Waals surface area (Å²) in [6.45, 7) is 5.77. The summed E-state index contributed by atoms with van der Waals surface area (Å²) >= 11 is 0. The number of benzene rings is 2. The van der Waals surface area contributed by atoms with E-state index < -0.39 is 10.0 Å². The highest BCUT2D eigenvalue weighted by Crippen LogP contribution is 2.43. The van der Waals surface area contributed by atoms with E-state index in [9.17, 15) is 13.2 Å². The van der Waals surface area contributed by atoms with Crippen LogP contribution in [0.3, 0.4) is 0 Å². The Morgan fingerprint density at radius 3 is 2.59 bits per heavy atom. The van der Waals surface area contributed by atoms with Crippen molar-refractivity contribution in [3.05, 3.63) is 65.2 Å². The number of sulfonamides is 1. The van der Waals surface area contributed by atoms with Crippen molar-refractivity contribution in [2.45, 2.75) is 30.2 Å². The summed E-state index contributed by atoms with van der Waals surface area (Å²) in [7, 11) is -1.30. The van der Waals surface area contributed by atoms with E-state index in [1.54, 1.807) is 36.4 Å². The fourth-order valence-corrected chi connectivity index (χ4v) is 6.83. The van der Waals surface area contributed by atoms with Crippen molar-refractivity contribution in [3.63, 3.8) is 0 Å². The Kier molecular flexibility index (Phi) is 6.33. The van der Waals surface area contributed by atoms with Gasteiger partial charge in [-0.2, -0.15) is 4.31 Å². The fraction of sp³-hybridized carbons (Fsp3) is 0.423. The minimum Gasteiger partial charge on any atom is -0.379 e. The minimum absolute atomic E-state index is 0.0258. The van der Waals surface area contributed by atoms with Crippen LogP contribution in [0.15, 0.2) is 53.4 Å². The first-order valence-corrected chi connectivity index (χ1v) is 13.4. The molecule has 1 unspecified atom stereocenters. The highest BCUT2D eigenvalue weighted by Gasteiger charge is 2.45. The zero-order valence-electron chi connectivity index (χ0n) is 19.7. The standard InChI is InChI=1S/C26H31N3O4S/c1-19-3-9-24-22(17-19)23-18-27(2)12-11-25(23)29(24)26(30)10-6-20-4-7-21(8-5-20)34(31,32)28-13-15-33-16-14-28/h3-10,17,23,25H,11-16,18H2,1-2H3/p+1/b10-6+/t23-,25+/m0/s1. The first kappa shape index (κ1) is 23.2. The van der Waals surface area contributed by atoms with Crippen molar-refractivity contribution < 1.29 is 22.8 Å². The molecular formula is C26H32N3O4S+. The van der Waals surface area contributed by atoms with Crippen molar-refractivity contribution in [3.8, 4) is 0 Å². The molecule has 0 bridgehead atoms. The maximum absolute atomic E-state index is 13.4. The van der Waals surface area contributed by atoms with Gasteiger partial charge in [-0.05, 0) is 42.3 Å². The molecule has 8 heteroatoms.